The van der Waals surface area contributed by atoms with Gasteiger partial charge in [0.25, 0.3) is 5.56 Å². The van der Waals surface area contributed by atoms with Crippen molar-refractivity contribution >= 4 is 39.9 Å². The van der Waals surface area contributed by atoms with Gasteiger partial charge in [0.2, 0.25) is 11.1 Å². The number of aromatic amines is 1. The van der Waals surface area contributed by atoms with E-state index in [2.05, 4.69) is 15.2 Å². The molecule has 80 valence electrons. The van der Waals surface area contributed by atoms with E-state index in [1.807, 2.05) is 0 Å². The van der Waals surface area contributed by atoms with Crippen LogP contribution < -0.4 is 5.56 Å². The number of aromatic nitrogens is 4. The van der Waals surface area contributed by atoms with Crippen molar-refractivity contribution in [3.8, 4) is 0 Å². The minimum atomic E-state index is -0.269. The Kier molecular flexibility index (Phi) is 1.92. The fourth-order valence-corrected chi connectivity index (χ4v) is 1.99. The maximum absolute atomic E-state index is 11.7. The van der Waals surface area contributed by atoms with E-state index in [9.17, 15) is 4.79 Å². The third kappa shape index (κ3) is 1.22. The maximum Gasteiger partial charge on any atom is 0.260 e. The second kappa shape index (κ2) is 3.20. The minimum absolute atomic E-state index is 0.193. The smallest absolute Gasteiger partial charge is 0.260 e. The van der Waals surface area contributed by atoms with Crippen LogP contribution in [0.3, 0.4) is 0 Å². The van der Waals surface area contributed by atoms with Gasteiger partial charge in [-0.1, -0.05) is 11.6 Å². The van der Waals surface area contributed by atoms with Gasteiger partial charge >= 0.3 is 0 Å². The summed E-state index contributed by atoms with van der Waals surface area (Å²) in [5.74, 6) is 0.310. The number of benzene rings is 1. The molecule has 0 saturated carbocycles. The van der Waals surface area contributed by atoms with Gasteiger partial charge in [0.05, 0.1) is 10.9 Å². The van der Waals surface area contributed by atoms with Gasteiger partial charge in [0, 0.05) is 5.02 Å². The molecule has 7 heteroatoms. The van der Waals surface area contributed by atoms with Gasteiger partial charge < -0.3 is 0 Å². The molecule has 0 radical (unpaired) electrons. The second-order valence-corrected chi connectivity index (χ2v) is 4.02. The van der Waals surface area contributed by atoms with Crippen molar-refractivity contribution in [1.82, 2.24) is 19.6 Å². The normalized spacial score (nSPS) is 11.4. The molecule has 0 aliphatic rings. The van der Waals surface area contributed by atoms with Crippen LogP contribution in [0.5, 0.6) is 0 Å². The lowest BCUT2D eigenvalue weighted by molar-refractivity contribution is 1.09. The van der Waals surface area contributed by atoms with E-state index in [4.69, 9.17) is 23.2 Å². The molecule has 1 aromatic carbocycles. The van der Waals surface area contributed by atoms with E-state index >= 15 is 0 Å². The van der Waals surface area contributed by atoms with E-state index in [0.717, 1.165) is 0 Å². The topological polar surface area (TPSA) is 63.0 Å². The fourth-order valence-electron chi connectivity index (χ4n) is 1.61. The van der Waals surface area contributed by atoms with Crippen molar-refractivity contribution in [3.63, 3.8) is 0 Å². The van der Waals surface area contributed by atoms with Crippen molar-refractivity contribution in [2.45, 2.75) is 0 Å². The molecular formula is C9H4Cl2N4O. The molecule has 0 aliphatic heterocycles. The number of halogens is 2. The Balaban J connectivity index is 2.68. The van der Waals surface area contributed by atoms with Crippen LogP contribution in [0.1, 0.15) is 0 Å². The molecule has 1 N–H and O–H groups in total. The Morgan fingerprint density at radius 1 is 1.25 bits per heavy atom. The van der Waals surface area contributed by atoms with Gasteiger partial charge in [-0.25, -0.2) is 0 Å². The highest BCUT2D eigenvalue weighted by Gasteiger charge is 2.10. The van der Waals surface area contributed by atoms with Crippen LogP contribution in [0, 0.1) is 0 Å². The Morgan fingerprint density at radius 2 is 2.06 bits per heavy atom. The van der Waals surface area contributed by atoms with Crippen LogP contribution in [-0.4, -0.2) is 19.6 Å². The van der Waals surface area contributed by atoms with Crippen LogP contribution >= 0.6 is 23.2 Å². The van der Waals surface area contributed by atoms with Crippen LogP contribution in [0.25, 0.3) is 16.7 Å². The first-order valence-electron chi connectivity index (χ1n) is 4.39. The molecule has 2 aromatic heterocycles. The van der Waals surface area contributed by atoms with E-state index in [-0.39, 0.29) is 10.8 Å². The van der Waals surface area contributed by atoms with Gasteiger partial charge in [0.15, 0.2) is 0 Å². The summed E-state index contributed by atoms with van der Waals surface area (Å²) in [5, 5.41) is 8.56. The number of fused-ring (bicyclic) bond motifs is 3. The average Bonchev–Trinajstić information content (AvgIpc) is 2.61. The van der Waals surface area contributed by atoms with Crippen molar-refractivity contribution in [2.75, 3.05) is 0 Å². The molecule has 0 atom stereocenters. The minimum Gasteiger partial charge on any atom is -0.290 e. The monoisotopic (exact) mass is 254 g/mol. The first-order chi connectivity index (χ1) is 7.66. The Labute approximate surface area is 98.6 Å². The fraction of sp³-hybridized carbons (Fsp3) is 0. The van der Waals surface area contributed by atoms with Gasteiger partial charge in [0.1, 0.15) is 0 Å². The number of hydrogen-bond donors (Lipinski definition) is 1. The molecule has 0 spiro atoms. The van der Waals surface area contributed by atoms with Crippen LogP contribution in [0.2, 0.25) is 10.3 Å². The quantitative estimate of drug-likeness (QED) is 0.667. The summed E-state index contributed by atoms with van der Waals surface area (Å²) in [4.78, 5) is 14.3. The van der Waals surface area contributed by atoms with Gasteiger partial charge in [-0.15, -0.1) is 10.2 Å². The predicted octanol–water partition coefficient (Wildman–Crippen LogP) is 1.88. The standard InChI is InChI=1S/C9H4Cl2N4O/c10-4-1-2-6-5(3-4)7(16)12-9-14-13-8(11)15(6)9/h1-3H,(H,12,14,16). The highest BCUT2D eigenvalue weighted by atomic mass is 35.5. The van der Waals surface area contributed by atoms with Crippen LogP contribution in [0.15, 0.2) is 23.0 Å². The molecule has 0 amide bonds. The molecule has 16 heavy (non-hydrogen) atoms. The van der Waals surface area contributed by atoms with Crippen LogP contribution in [-0.2, 0) is 0 Å². The van der Waals surface area contributed by atoms with Crippen LogP contribution in [0.4, 0.5) is 0 Å². The lowest BCUT2D eigenvalue weighted by Gasteiger charge is -2.01. The summed E-state index contributed by atoms with van der Waals surface area (Å²) in [7, 11) is 0. The molecule has 2 heterocycles. The molecule has 0 unspecified atom stereocenters. The molecule has 3 aromatic rings. The molecule has 0 bridgehead atoms. The first-order valence-corrected chi connectivity index (χ1v) is 5.14. The predicted molar refractivity (Wildman–Crippen MR) is 61.1 cm³/mol. The van der Waals surface area contributed by atoms with E-state index < -0.39 is 0 Å². The maximum atomic E-state index is 11.7. The van der Waals surface area contributed by atoms with Gasteiger partial charge in [-0.05, 0) is 29.8 Å². The van der Waals surface area contributed by atoms with Crippen molar-refractivity contribution < 1.29 is 0 Å². The largest absolute Gasteiger partial charge is 0.290 e. The lowest BCUT2D eigenvalue weighted by Crippen LogP contribution is -2.09. The zero-order chi connectivity index (χ0) is 11.3. The molecular weight excluding hydrogens is 251 g/mol. The van der Waals surface area contributed by atoms with E-state index in [0.29, 0.717) is 21.7 Å². The summed E-state index contributed by atoms with van der Waals surface area (Å²) in [5.41, 5.74) is 0.354. The third-order valence-electron chi connectivity index (χ3n) is 2.29. The van der Waals surface area contributed by atoms with Crippen molar-refractivity contribution in [1.29, 1.82) is 0 Å². The zero-order valence-electron chi connectivity index (χ0n) is 7.74. The Morgan fingerprint density at radius 3 is 2.88 bits per heavy atom. The summed E-state index contributed by atoms with van der Waals surface area (Å²) in [6.07, 6.45) is 0. The number of nitrogens with zero attached hydrogens (tertiary/aromatic N) is 3. The number of rotatable bonds is 0. The third-order valence-corrected chi connectivity index (χ3v) is 2.77. The molecule has 3 rings (SSSR count). The van der Waals surface area contributed by atoms with E-state index in [1.54, 1.807) is 22.6 Å². The van der Waals surface area contributed by atoms with E-state index in [1.165, 1.54) is 0 Å². The summed E-state index contributed by atoms with van der Waals surface area (Å²) in [6.45, 7) is 0. The number of nitrogens with one attached hydrogen (secondary N) is 1. The number of hydrogen-bond acceptors (Lipinski definition) is 3. The van der Waals surface area contributed by atoms with Gasteiger partial charge in [-0.2, -0.15) is 0 Å². The second-order valence-electron chi connectivity index (χ2n) is 3.24. The SMILES string of the molecule is O=c1[nH]c2nnc(Cl)n2c2ccc(Cl)cc12. The summed E-state index contributed by atoms with van der Waals surface area (Å²) >= 11 is 11.7. The molecule has 0 fully saturated rings. The number of H-pyrrole nitrogens is 1. The summed E-state index contributed by atoms with van der Waals surface area (Å²) < 4.78 is 1.55. The van der Waals surface area contributed by atoms with Crippen molar-refractivity contribution in [3.05, 3.63) is 38.9 Å². The Bertz CT molecular complexity index is 761. The lowest BCUT2D eigenvalue weighted by atomic mass is 10.2. The first kappa shape index (κ1) is 9.62. The molecule has 0 saturated heterocycles. The zero-order valence-corrected chi connectivity index (χ0v) is 9.25. The molecule has 5 nitrogen and oxygen atoms in total. The van der Waals surface area contributed by atoms with Gasteiger partial charge in [-0.3, -0.25) is 14.2 Å². The average molecular weight is 255 g/mol. The highest BCUT2D eigenvalue weighted by Crippen LogP contribution is 2.19. The van der Waals surface area contributed by atoms with Crippen molar-refractivity contribution in [2.24, 2.45) is 0 Å². The highest BCUT2D eigenvalue weighted by molar-refractivity contribution is 6.31. The summed E-state index contributed by atoms with van der Waals surface area (Å²) in [6, 6.07) is 4.96. The Hall–Kier alpha value is -1.59. The molecule has 0 aliphatic carbocycles.